The number of nitrogens with zero attached hydrogens (tertiary/aromatic N) is 2. The molecule has 1 aliphatic heterocycles. The number of aromatic nitrogens is 2. The van der Waals surface area contributed by atoms with Gasteiger partial charge in [0.15, 0.2) is 17.4 Å². The maximum Gasteiger partial charge on any atom is 0.171 e. The van der Waals surface area contributed by atoms with Crippen LogP contribution in [0.4, 0.5) is 10.2 Å². The van der Waals surface area contributed by atoms with Gasteiger partial charge >= 0.3 is 0 Å². The lowest BCUT2D eigenvalue weighted by atomic mass is 9.96. The van der Waals surface area contributed by atoms with E-state index in [1.165, 1.54) is 17.5 Å². The molecule has 1 aliphatic rings. The number of anilines is 1. The molecule has 5 rings (SSSR count). The molecule has 6 nitrogen and oxygen atoms in total. The lowest BCUT2D eigenvalue weighted by molar-refractivity contribution is -0.159. The lowest BCUT2D eigenvalue weighted by Crippen LogP contribution is -2.28. The minimum absolute atomic E-state index is 0.135. The molecule has 1 fully saturated rings. The number of rotatable bonds is 4. The van der Waals surface area contributed by atoms with Gasteiger partial charge in [-0.25, -0.2) is 9.37 Å². The Hall–Kier alpha value is -2.62. The monoisotopic (exact) mass is 498 g/mol. The highest BCUT2D eigenvalue weighted by Gasteiger charge is 2.43. The van der Waals surface area contributed by atoms with Crippen LogP contribution >= 0.6 is 22.9 Å². The van der Waals surface area contributed by atoms with Crippen LogP contribution in [0.15, 0.2) is 48.8 Å². The van der Waals surface area contributed by atoms with Crippen molar-refractivity contribution in [2.75, 3.05) is 12.3 Å². The Balaban J connectivity index is 1.57. The molecule has 1 aromatic carbocycles. The molecule has 3 aromatic heterocycles. The van der Waals surface area contributed by atoms with E-state index >= 15 is 0 Å². The Kier molecular flexibility index (Phi) is 5.61. The molecule has 1 saturated heterocycles. The van der Waals surface area contributed by atoms with Gasteiger partial charge < -0.3 is 20.9 Å². The number of hydrogen-bond donors (Lipinski definition) is 2. The maximum absolute atomic E-state index is 14.7. The summed E-state index contributed by atoms with van der Waals surface area (Å²) in [4.78, 5) is 9.14. The predicted molar refractivity (Wildman–Crippen MR) is 133 cm³/mol. The summed E-state index contributed by atoms with van der Waals surface area (Å²) >= 11 is 7.69. The molecule has 1 unspecified atom stereocenters. The van der Waals surface area contributed by atoms with Crippen molar-refractivity contribution in [1.29, 1.82) is 0 Å². The highest BCUT2D eigenvalue weighted by molar-refractivity contribution is 7.19. The van der Waals surface area contributed by atoms with Crippen LogP contribution < -0.4 is 11.5 Å². The van der Waals surface area contributed by atoms with Gasteiger partial charge in [0, 0.05) is 33.1 Å². The molecule has 0 radical (unpaired) electrons. The summed E-state index contributed by atoms with van der Waals surface area (Å²) in [5.41, 5.74) is 14.4. The number of benzene rings is 1. The van der Waals surface area contributed by atoms with E-state index < -0.39 is 23.2 Å². The number of nitrogens with two attached hydrogens (primary N) is 2. The standard InChI is InChI=1S/C25H24ClFN4O2S/c1-24(2)32-12-25(3,33-24)14-7-8-30-17(10-14)15-6-4-5-13-9-18(34-22(13)15)21(28)19-16(26)11-31-23(29)20(19)27/h4-11,21H,12,28H2,1-3H3,(H2,29,31)/t21?,25-/m0/s1. The highest BCUT2D eigenvalue weighted by Crippen LogP contribution is 2.42. The van der Waals surface area contributed by atoms with Crippen molar-refractivity contribution in [2.24, 2.45) is 5.73 Å². The van der Waals surface area contributed by atoms with Gasteiger partial charge in [-0.15, -0.1) is 11.3 Å². The molecule has 176 valence electrons. The SMILES string of the molecule is CC1(C)OC[C@@](C)(c2ccnc(-c3cccc4cc(C(N)c5c(Cl)cnc(N)c5F)sc34)c2)O1. The number of halogens is 2. The van der Waals surface area contributed by atoms with Gasteiger partial charge in [0.2, 0.25) is 0 Å². The Morgan fingerprint density at radius 2 is 1.97 bits per heavy atom. The molecule has 4 N–H and O–H groups in total. The highest BCUT2D eigenvalue weighted by atomic mass is 35.5. The van der Waals surface area contributed by atoms with E-state index in [1.54, 1.807) is 6.20 Å². The zero-order chi connectivity index (χ0) is 24.3. The predicted octanol–water partition coefficient (Wildman–Crippen LogP) is 5.78. The molecule has 0 amide bonds. The molecular weight excluding hydrogens is 475 g/mol. The minimum atomic E-state index is -0.785. The number of nitrogen functional groups attached to an aromatic ring is 1. The smallest absolute Gasteiger partial charge is 0.171 e. The summed E-state index contributed by atoms with van der Waals surface area (Å²) in [5, 5.41) is 1.12. The minimum Gasteiger partial charge on any atom is -0.381 e. The molecule has 4 aromatic rings. The first-order chi connectivity index (χ1) is 16.1. The summed E-state index contributed by atoms with van der Waals surface area (Å²) < 4.78 is 27.7. The van der Waals surface area contributed by atoms with E-state index in [4.69, 9.17) is 32.5 Å². The molecule has 9 heteroatoms. The van der Waals surface area contributed by atoms with Crippen LogP contribution in [-0.4, -0.2) is 22.4 Å². The van der Waals surface area contributed by atoms with Crippen molar-refractivity contribution in [2.45, 2.75) is 38.2 Å². The topological polar surface area (TPSA) is 96.3 Å². The van der Waals surface area contributed by atoms with Gasteiger partial charge in [0.1, 0.15) is 5.60 Å². The Labute approximate surface area is 205 Å². The number of pyridine rings is 2. The third-order valence-electron chi connectivity index (χ3n) is 6.03. The van der Waals surface area contributed by atoms with Gasteiger partial charge in [-0.2, -0.15) is 0 Å². The zero-order valence-corrected chi connectivity index (χ0v) is 20.5. The first-order valence-corrected chi connectivity index (χ1v) is 12.0. The average molecular weight is 499 g/mol. The zero-order valence-electron chi connectivity index (χ0n) is 18.9. The summed E-state index contributed by atoms with van der Waals surface area (Å²) in [5.74, 6) is -1.57. The van der Waals surface area contributed by atoms with Crippen molar-refractivity contribution in [3.63, 3.8) is 0 Å². The molecule has 0 saturated carbocycles. The van der Waals surface area contributed by atoms with Crippen LogP contribution in [0.3, 0.4) is 0 Å². The summed E-state index contributed by atoms with van der Waals surface area (Å²) in [7, 11) is 0. The lowest BCUT2D eigenvalue weighted by Gasteiger charge is -2.25. The quantitative estimate of drug-likeness (QED) is 0.370. The van der Waals surface area contributed by atoms with Crippen molar-refractivity contribution >= 4 is 38.8 Å². The fraction of sp³-hybridized carbons (Fsp3) is 0.280. The Morgan fingerprint density at radius 3 is 2.71 bits per heavy atom. The van der Waals surface area contributed by atoms with Crippen LogP contribution in [0.5, 0.6) is 0 Å². The summed E-state index contributed by atoms with van der Waals surface area (Å²) in [6, 6.07) is 11.1. The first-order valence-electron chi connectivity index (χ1n) is 10.8. The van der Waals surface area contributed by atoms with E-state index in [0.717, 1.165) is 31.8 Å². The summed E-state index contributed by atoms with van der Waals surface area (Å²) in [6.07, 6.45) is 3.10. The van der Waals surface area contributed by atoms with E-state index in [-0.39, 0.29) is 16.4 Å². The van der Waals surface area contributed by atoms with Crippen LogP contribution in [0.1, 0.15) is 42.8 Å². The second-order valence-corrected chi connectivity index (χ2v) is 10.5. The molecule has 34 heavy (non-hydrogen) atoms. The van der Waals surface area contributed by atoms with E-state index in [1.807, 2.05) is 57.2 Å². The third-order valence-corrected chi connectivity index (χ3v) is 7.60. The van der Waals surface area contributed by atoms with Gasteiger partial charge in [-0.05, 0) is 49.9 Å². The van der Waals surface area contributed by atoms with E-state index in [9.17, 15) is 4.39 Å². The molecule has 0 spiro atoms. The second-order valence-electron chi connectivity index (χ2n) is 9.02. The maximum atomic E-state index is 14.7. The van der Waals surface area contributed by atoms with Gasteiger partial charge in [0.25, 0.3) is 0 Å². The molecule has 0 bridgehead atoms. The number of fused-ring (bicyclic) bond motifs is 1. The van der Waals surface area contributed by atoms with Gasteiger partial charge in [0.05, 0.1) is 23.4 Å². The van der Waals surface area contributed by atoms with E-state index in [2.05, 4.69) is 9.97 Å². The van der Waals surface area contributed by atoms with Crippen molar-refractivity contribution < 1.29 is 13.9 Å². The fourth-order valence-corrected chi connectivity index (χ4v) is 5.77. The van der Waals surface area contributed by atoms with Crippen LogP contribution in [-0.2, 0) is 15.1 Å². The normalized spacial score (nSPS) is 20.6. The van der Waals surface area contributed by atoms with E-state index in [0.29, 0.717) is 6.61 Å². The molecule has 4 heterocycles. The van der Waals surface area contributed by atoms with Crippen LogP contribution in [0, 0.1) is 5.82 Å². The Bertz CT molecular complexity index is 1410. The molecular formula is C25H24ClFN4O2S. The van der Waals surface area contributed by atoms with Crippen LogP contribution in [0.2, 0.25) is 5.02 Å². The van der Waals surface area contributed by atoms with Crippen LogP contribution in [0.25, 0.3) is 21.3 Å². The first kappa shape index (κ1) is 23.1. The van der Waals surface area contributed by atoms with Gasteiger partial charge in [-0.1, -0.05) is 29.8 Å². The largest absolute Gasteiger partial charge is 0.381 e. The van der Waals surface area contributed by atoms with Crippen molar-refractivity contribution in [3.8, 4) is 11.3 Å². The summed E-state index contributed by atoms with van der Waals surface area (Å²) in [6.45, 7) is 6.28. The molecule has 2 atom stereocenters. The Morgan fingerprint density at radius 1 is 1.18 bits per heavy atom. The van der Waals surface area contributed by atoms with Crippen molar-refractivity contribution in [3.05, 3.63) is 75.6 Å². The number of hydrogen-bond acceptors (Lipinski definition) is 7. The van der Waals surface area contributed by atoms with Crippen molar-refractivity contribution in [1.82, 2.24) is 9.97 Å². The number of thiophene rings is 1. The third kappa shape index (κ3) is 3.95. The number of ether oxygens (including phenoxy) is 2. The van der Waals surface area contributed by atoms with Gasteiger partial charge in [-0.3, -0.25) is 4.98 Å². The molecule has 0 aliphatic carbocycles. The fourth-order valence-electron chi connectivity index (χ4n) is 4.32. The average Bonchev–Trinajstić information content (AvgIpc) is 3.37. The second kappa shape index (κ2) is 8.25.